The van der Waals surface area contributed by atoms with Crippen molar-refractivity contribution in [3.8, 4) is 11.3 Å². The van der Waals surface area contributed by atoms with Gasteiger partial charge >= 0.3 is 0 Å². The third-order valence-corrected chi connectivity index (χ3v) is 4.81. The van der Waals surface area contributed by atoms with Crippen LogP contribution in [0.4, 0.5) is 0 Å². The smallest absolute Gasteiger partial charge is 0.140 e. The molecule has 2 nitrogen and oxygen atoms in total. The van der Waals surface area contributed by atoms with E-state index < -0.39 is 0 Å². The lowest BCUT2D eigenvalue weighted by atomic mass is 9.77. The average Bonchev–Trinajstić information content (AvgIpc) is 2.78. The number of hydrogen-bond acceptors (Lipinski definition) is 2. The summed E-state index contributed by atoms with van der Waals surface area (Å²) in [4.78, 5) is 0. The van der Waals surface area contributed by atoms with Gasteiger partial charge in [0.1, 0.15) is 11.5 Å². The largest absolute Gasteiger partial charge is 0.461 e. The summed E-state index contributed by atoms with van der Waals surface area (Å²) in [6.45, 7) is 4.33. The Morgan fingerprint density at radius 1 is 1.20 bits per heavy atom. The fourth-order valence-electron chi connectivity index (χ4n) is 3.88. The van der Waals surface area contributed by atoms with Crippen molar-refractivity contribution in [2.75, 3.05) is 0 Å². The van der Waals surface area contributed by atoms with Crippen LogP contribution in [0, 0.1) is 6.92 Å². The van der Waals surface area contributed by atoms with Crippen LogP contribution in [0.25, 0.3) is 11.3 Å². The van der Waals surface area contributed by atoms with Gasteiger partial charge in [0, 0.05) is 23.1 Å². The third kappa shape index (κ3) is 1.68. The molecule has 20 heavy (non-hydrogen) atoms. The van der Waals surface area contributed by atoms with Crippen LogP contribution in [0.3, 0.4) is 0 Å². The Balaban J connectivity index is 1.94. The maximum Gasteiger partial charge on any atom is 0.140 e. The Morgan fingerprint density at radius 2 is 2.00 bits per heavy atom. The highest BCUT2D eigenvalue weighted by atomic mass is 16.5. The predicted molar refractivity (Wildman–Crippen MR) is 78.7 cm³/mol. The molecule has 2 aliphatic rings. The summed E-state index contributed by atoms with van der Waals surface area (Å²) in [7, 11) is 0. The first-order chi connectivity index (χ1) is 9.67. The lowest BCUT2D eigenvalue weighted by molar-refractivity contribution is -0.132. The van der Waals surface area contributed by atoms with Crippen LogP contribution in [0.2, 0.25) is 0 Å². The summed E-state index contributed by atoms with van der Waals surface area (Å²) in [6, 6.07) is 10.4. The van der Waals surface area contributed by atoms with Crippen molar-refractivity contribution in [1.29, 1.82) is 0 Å². The van der Waals surface area contributed by atoms with E-state index in [4.69, 9.17) is 9.15 Å². The molecule has 1 aromatic heterocycles. The van der Waals surface area contributed by atoms with Gasteiger partial charge in [0.25, 0.3) is 0 Å². The van der Waals surface area contributed by atoms with Gasteiger partial charge in [-0.15, -0.1) is 0 Å². The van der Waals surface area contributed by atoms with E-state index in [0.29, 0.717) is 6.10 Å². The molecule has 0 unspecified atom stereocenters. The summed E-state index contributed by atoms with van der Waals surface area (Å²) < 4.78 is 12.5. The van der Waals surface area contributed by atoms with Crippen LogP contribution >= 0.6 is 0 Å². The molecule has 0 spiro atoms. The third-order valence-electron chi connectivity index (χ3n) is 4.81. The Labute approximate surface area is 119 Å². The average molecular weight is 268 g/mol. The first-order valence-electron chi connectivity index (χ1n) is 7.53. The fraction of sp³-hybridized carbons (Fsp3) is 0.444. The molecular formula is C18H20O2. The SMILES string of the molecule is Cc1oc(-c2ccccc2)c2c1C[C@@H]1CCC[C@@]2(C)O1. The lowest BCUT2D eigenvalue weighted by Crippen LogP contribution is -2.41. The minimum atomic E-state index is -0.167. The molecule has 0 amide bonds. The first kappa shape index (κ1) is 12.2. The van der Waals surface area contributed by atoms with E-state index in [1.165, 1.54) is 24.0 Å². The Morgan fingerprint density at radius 3 is 2.80 bits per heavy atom. The quantitative estimate of drug-likeness (QED) is 0.754. The molecule has 2 aliphatic heterocycles. The highest BCUT2D eigenvalue weighted by Gasteiger charge is 2.44. The van der Waals surface area contributed by atoms with Crippen LogP contribution in [0.15, 0.2) is 34.7 Å². The molecule has 1 saturated heterocycles. The first-order valence-corrected chi connectivity index (χ1v) is 7.53. The molecule has 2 atom stereocenters. The Bertz CT molecular complexity index is 641. The van der Waals surface area contributed by atoms with Gasteiger partial charge in [-0.25, -0.2) is 0 Å². The number of furan rings is 1. The number of ether oxygens (including phenoxy) is 1. The molecule has 4 rings (SSSR count). The zero-order valence-corrected chi connectivity index (χ0v) is 12.1. The monoisotopic (exact) mass is 268 g/mol. The highest BCUT2D eigenvalue weighted by Crippen LogP contribution is 2.49. The van der Waals surface area contributed by atoms with Crippen molar-refractivity contribution in [1.82, 2.24) is 0 Å². The molecule has 1 aromatic carbocycles. The minimum absolute atomic E-state index is 0.167. The van der Waals surface area contributed by atoms with Gasteiger partial charge in [0.2, 0.25) is 0 Å². The fourth-order valence-corrected chi connectivity index (χ4v) is 3.88. The van der Waals surface area contributed by atoms with Crippen molar-refractivity contribution >= 4 is 0 Å². The second-order valence-electron chi connectivity index (χ2n) is 6.27. The Hall–Kier alpha value is -1.54. The van der Waals surface area contributed by atoms with Crippen LogP contribution in [-0.4, -0.2) is 6.10 Å². The van der Waals surface area contributed by atoms with E-state index in [-0.39, 0.29) is 5.60 Å². The van der Waals surface area contributed by atoms with Crippen molar-refractivity contribution < 1.29 is 9.15 Å². The van der Waals surface area contributed by atoms with Gasteiger partial charge in [0.15, 0.2) is 0 Å². The highest BCUT2D eigenvalue weighted by molar-refractivity contribution is 5.66. The summed E-state index contributed by atoms with van der Waals surface area (Å²) in [6.07, 6.45) is 4.91. The molecule has 104 valence electrons. The molecule has 0 N–H and O–H groups in total. The summed E-state index contributed by atoms with van der Waals surface area (Å²) >= 11 is 0. The van der Waals surface area contributed by atoms with Gasteiger partial charge in [0.05, 0.1) is 11.7 Å². The molecule has 0 saturated carbocycles. The van der Waals surface area contributed by atoms with E-state index >= 15 is 0 Å². The molecule has 3 heterocycles. The van der Waals surface area contributed by atoms with Gasteiger partial charge in [-0.3, -0.25) is 0 Å². The number of benzene rings is 1. The minimum Gasteiger partial charge on any atom is -0.461 e. The normalized spacial score (nSPS) is 28.2. The Kier molecular flexibility index (Phi) is 2.58. The molecule has 2 aromatic rings. The van der Waals surface area contributed by atoms with Gasteiger partial charge in [-0.2, -0.15) is 0 Å². The molecule has 2 bridgehead atoms. The van der Waals surface area contributed by atoms with Crippen LogP contribution in [-0.2, 0) is 16.8 Å². The summed E-state index contributed by atoms with van der Waals surface area (Å²) in [5, 5.41) is 0. The van der Waals surface area contributed by atoms with Crippen LogP contribution in [0.1, 0.15) is 43.1 Å². The van der Waals surface area contributed by atoms with E-state index in [9.17, 15) is 0 Å². The molecule has 0 aliphatic carbocycles. The van der Waals surface area contributed by atoms with Gasteiger partial charge < -0.3 is 9.15 Å². The van der Waals surface area contributed by atoms with E-state index in [0.717, 1.165) is 29.9 Å². The lowest BCUT2D eigenvalue weighted by Gasteiger charge is -2.43. The van der Waals surface area contributed by atoms with Crippen LogP contribution in [0.5, 0.6) is 0 Å². The zero-order chi connectivity index (χ0) is 13.7. The molecule has 1 fully saturated rings. The molecule has 0 radical (unpaired) electrons. The van der Waals surface area contributed by atoms with Gasteiger partial charge in [-0.1, -0.05) is 30.3 Å². The second-order valence-corrected chi connectivity index (χ2v) is 6.27. The number of hydrogen-bond donors (Lipinski definition) is 0. The van der Waals surface area contributed by atoms with Crippen molar-refractivity contribution in [3.63, 3.8) is 0 Å². The number of fused-ring (bicyclic) bond motifs is 4. The molecule has 2 heteroatoms. The van der Waals surface area contributed by atoms with Crippen molar-refractivity contribution in [2.45, 2.75) is 51.2 Å². The van der Waals surface area contributed by atoms with E-state index in [1.807, 2.05) is 6.07 Å². The molecular weight excluding hydrogens is 248 g/mol. The maximum atomic E-state index is 6.35. The van der Waals surface area contributed by atoms with Crippen molar-refractivity contribution in [2.24, 2.45) is 0 Å². The van der Waals surface area contributed by atoms with E-state index in [2.05, 4.69) is 38.1 Å². The number of aryl methyl sites for hydroxylation is 1. The summed E-state index contributed by atoms with van der Waals surface area (Å²) in [5.41, 5.74) is 3.68. The van der Waals surface area contributed by atoms with Gasteiger partial charge in [-0.05, 0) is 33.1 Å². The second kappa shape index (κ2) is 4.23. The van der Waals surface area contributed by atoms with Crippen molar-refractivity contribution in [3.05, 3.63) is 47.2 Å². The summed E-state index contributed by atoms with van der Waals surface area (Å²) in [5.74, 6) is 2.08. The topological polar surface area (TPSA) is 22.4 Å². The zero-order valence-electron chi connectivity index (χ0n) is 12.1. The standard InChI is InChI=1S/C18H20O2/c1-12-15-11-14-9-6-10-18(2,20-14)16(15)17(19-12)13-7-4-3-5-8-13/h3-5,7-8,14H,6,9-11H2,1-2H3/t14-,18+/m0/s1. The van der Waals surface area contributed by atoms with E-state index in [1.54, 1.807) is 0 Å². The predicted octanol–water partition coefficient (Wildman–Crippen LogP) is 4.60. The maximum absolute atomic E-state index is 6.35. The number of rotatable bonds is 1. The van der Waals surface area contributed by atoms with Crippen LogP contribution < -0.4 is 0 Å².